The van der Waals surface area contributed by atoms with Crippen LogP contribution in [0.5, 0.6) is 17.2 Å². The number of nitrogens with one attached hydrogen (secondary N) is 2. The van der Waals surface area contributed by atoms with Crippen molar-refractivity contribution in [3.8, 4) is 23.3 Å². The van der Waals surface area contributed by atoms with Crippen molar-refractivity contribution in [3.63, 3.8) is 0 Å². The first-order chi connectivity index (χ1) is 15.4. The van der Waals surface area contributed by atoms with Gasteiger partial charge in [-0.15, -0.1) is 0 Å². The summed E-state index contributed by atoms with van der Waals surface area (Å²) in [5, 5.41) is 14.9. The highest BCUT2D eigenvalue weighted by atomic mass is 16.5. The zero-order valence-corrected chi connectivity index (χ0v) is 18.7. The zero-order valence-electron chi connectivity index (χ0n) is 18.7. The van der Waals surface area contributed by atoms with E-state index in [9.17, 15) is 14.9 Å². The van der Waals surface area contributed by atoms with E-state index in [2.05, 4.69) is 16.7 Å². The molecule has 9 heteroatoms. The predicted molar refractivity (Wildman–Crippen MR) is 119 cm³/mol. The van der Waals surface area contributed by atoms with Crippen LogP contribution < -0.4 is 24.8 Å². The average Bonchev–Trinajstić information content (AvgIpc) is 2.81. The molecule has 0 spiro atoms. The van der Waals surface area contributed by atoms with Crippen LogP contribution in [0, 0.1) is 11.3 Å². The third-order valence-electron chi connectivity index (χ3n) is 4.69. The smallest absolute Gasteiger partial charge is 0.317 e. The van der Waals surface area contributed by atoms with E-state index in [0.29, 0.717) is 29.4 Å². The Kier molecular flexibility index (Phi) is 9.17. The van der Waals surface area contributed by atoms with Crippen molar-refractivity contribution in [2.24, 2.45) is 0 Å². The van der Waals surface area contributed by atoms with Crippen LogP contribution in [-0.4, -0.2) is 51.8 Å². The molecule has 0 saturated carbocycles. The van der Waals surface area contributed by atoms with Crippen molar-refractivity contribution in [1.29, 1.82) is 5.26 Å². The van der Waals surface area contributed by atoms with Crippen LogP contribution in [-0.2, 0) is 11.3 Å². The average molecular weight is 441 g/mol. The SMILES string of the molecule is COc1cc(C(C#N)NC(=O)CCNC(=O)N(C)Cc2ccccc2)cc(OC)c1OC. The number of hydrogen-bond acceptors (Lipinski definition) is 6. The van der Waals surface area contributed by atoms with Crippen LogP contribution in [0.4, 0.5) is 4.79 Å². The van der Waals surface area contributed by atoms with E-state index in [1.165, 1.54) is 26.2 Å². The van der Waals surface area contributed by atoms with Gasteiger partial charge in [-0.3, -0.25) is 4.79 Å². The minimum atomic E-state index is -0.923. The van der Waals surface area contributed by atoms with Gasteiger partial charge in [0.25, 0.3) is 0 Å². The summed E-state index contributed by atoms with van der Waals surface area (Å²) in [6, 6.07) is 13.6. The van der Waals surface area contributed by atoms with Crippen molar-refractivity contribution in [2.45, 2.75) is 19.0 Å². The Hall–Kier alpha value is -3.93. The number of carbonyl (C=O) groups excluding carboxylic acids is 2. The summed E-state index contributed by atoms with van der Waals surface area (Å²) in [5.41, 5.74) is 1.49. The first-order valence-electron chi connectivity index (χ1n) is 9.95. The van der Waals surface area contributed by atoms with Crippen molar-refractivity contribution >= 4 is 11.9 Å². The van der Waals surface area contributed by atoms with Crippen LogP contribution in [0.1, 0.15) is 23.6 Å². The Morgan fingerprint density at radius 2 is 1.69 bits per heavy atom. The molecule has 2 rings (SSSR count). The van der Waals surface area contributed by atoms with Gasteiger partial charge in [-0.25, -0.2) is 4.79 Å². The summed E-state index contributed by atoms with van der Waals surface area (Å²) >= 11 is 0. The van der Waals surface area contributed by atoms with E-state index >= 15 is 0 Å². The molecule has 0 radical (unpaired) electrons. The molecule has 0 aliphatic heterocycles. The number of hydrogen-bond donors (Lipinski definition) is 2. The van der Waals surface area contributed by atoms with Gasteiger partial charge in [0.1, 0.15) is 6.04 Å². The number of nitrogens with zero attached hydrogens (tertiary/aromatic N) is 2. The van der Waals surface area contributed by atoms with Crippen molar-refractivity contribution in [2.75, 3.05) is 34.9 Å². The van der Waals surface area contributed by atoms with E-state index in [4.69, 9.17) is 14.2 Å². The molecule has 1 unspecified atom stereocenters. The summed E-state index contributed by atoms with van der Waals surface area (Å²) in [4.78, 5) is 26.1. The van der Waals surface area contributed by atoms with Gasteiger partial charge >= 0.3 is 6.03 Å². The summed E-state index contributed by atoms with van der Waals surface area (Å²) in [7, 11) is 6.10. The Bertz CT molecular complexity index is 934. The summed E-state index contributed by atoms with van der Waals surface area (Å²) in [6.45, 7) is 0.591. The van der Waals surface area contributed by atoms with Gasteiger partial charge < -0.3 is 29.7 Å². The Balaban J connectivity index is 1.91. The number of ether oxygens (including phenoxy) is 3. The molecule has 0 aliphatic rings. The zero-order chi connectivity index (χ0) is 23.5. The maximum atomic E-state index is 12.3. The van der Waals surface area contributed by atoms with Gasteiger partial charge in [0, 0.05) is 26.6 Å². The van der Waals surface area contributed by atoms with E-state index in [-0.39, 0.29) is 24.9 Å². The van der Waals surface area contributed by atoms with Gasteiger partial charge in [-0.1, -0.05) is 30.3 Å². The van der Waals surface area contributed by atoms with Crippen LogP contribution >= 0.6 is 0 Å². The fourth-order valence-electron chi connectivity index (χ4n) is 3.04. The molecule has 1 atom stereocenters. The molecule has 170 valence electrons. The quantitative estimate of drug-likeness (QED) is 0.587. The molecule has 0 saturated heterocycles. The second-order valence-corrected chi connectivity index (χ2v) is 6.91. The van der Waals surface area contributed by atoms with Gasteiger partial charge in [0.15, 0.2) is 11.5 Å². The minimum absolute atomic E-state index is 0.0214. The normalized spacial score (nSPS) is 11.0. The second kappa shape index (κ2) is 12.1. The molecule has 0 bridgehead atoms. The van der Waals surface area contributed by atoms with Crippen molar-refractivity contribution < 1.29 is 23.8 Å². The van der Waals surface area contributed by atoms with Gasteiger partial charge in [0.05, 0.1) is 27.4 Å². The molecule has 2 N–H and O–H groups in total. The topological polar surface area (TPSA) is 113 Å². The van der Waals surface area contributed by atoms with Crippen LogP contribution in [0.2, 0.25) is 0 Å². The molecule has 0 fully saturated rings. The second-order valence-electron chi connectivity index (χ2n) is 6.91. The lowest BCUT2D eigenvalue weighted by Crippen LogP contribution is -2.39. The van der Waals surface area contributed by atoms with Crippen LogP contribution in [0.3, 0.4) is 0 Å². The number of methoxy groups -OCH3 is 3. The summed E-state index contributed by atoms with van der Waals surface area (Å²) < 4.78 is 15.9. The van der Waals surface area contributed by atoms with E-state index < -0.39 is 6.04 Å². The highest BCUT2D eigenvalue weighted by molar-refractivity contribution is 5.79. The molecule has 2 aromatic carbocycles. The lowest BCUT2D eigenvalue weighted by molar-refractivity contribution is -0.121. The van der Waals surface area contributed by atoms with E-state index in [0.717, 1.165) is 5.56 Å². The molecular formula is C23H28N4O5. The van der Waals surface area contributed by atoms with Crippen LogP contribution in [0.15, 0.2) is 42.5 Å². The number of rotatable bonds is 10. The monoisotopic (exact) mass is 440 g/mol. The Labute approximate surface area is 187 Å². The van der Waals surface area contributed by atoms with Gasteiger partial charge in [-0.05, 0) is 23.3 Å². The molecule has 3 amide bonds. The van der Waals surface area contributed by atoms with E-state index in [1.54, 1.807) is 19.2 Å². The van der Waals surface area contributed by atoms with E-state index in [1.807, 2.05) is 30.3 Å². The fraction of sp³-hybridized carbons (Fsp3) is 0.348. The highest BCUT2D eigenvalue weighted by Crippen LogP contribution is 2.39. The molecular weight excluding hydrogens is 412 g/mol. The van der Waals surface area contributed by atoms with Crippen molar-refractivity contribution in [1.82, 2.24) is 15.5 Å². The predicted octanol–water partition coefficient (Wildman–Crippen LogP) is 2.62. The number of urea groups is 1. The Morgan fingerprint density at radius 1 is 1.06 bits per heavy atom. The first kappa shape index (κ1) is 24.3. The summed E-state index contributed by atoms with van der Waals surface area (Å²) in [5.74, 6) is 0.774. The standard InChI is InChI=1S/C23H28N4O5/c1-27(15-16-8-6-5-7-9-16)23(29)25-11-10-21(28)26-18(14-24)17-12-19(30-2)22(32-4)20(13-17)31-3/h5-9,12-13,18H,10-11,15H2,1-4H3,(H,25,29)(H,26,28). The van der Waals surface area contributed by atoms with Gasteiger partial charge in [0.2, 0.25) is 11.7 Å². The number of nitriles is 1. The molecule has 2 aromatic rings. The number of carbonyl (C=O) groups is 2. The lowest BCUT2D eigenvalue weighted by atomic mass is 10.1. The number of benzene rings is 2. The largest absolute Gasteiger partial charge is 0.493 e. The third kappa shape index (κ3) is 6.54. The highest BCUT2D eigenvalue weighted by Gasteiger charge is 2.20. The lowest BCUT2D eigenvalue weighted by Gasteiger charge is -2.19. The molecule has 0 aromatic heterocycles. The molecule has 32 heavy (non-hydrogen) atoms. The summed E-state index contributed by atoms with van der Waals surface area (Å²) in [6.07, 6.45) is 0.0214. The molecule has 0 heterocycles. The first-order valence-corrected chi connectivity index (χ1v) is 9.95. The fourth-order valence-corrected chi connectivity index (χ4v) is 3.04. The maximum Gasteiger partial charge on any atom is 0.317 e. The molecule has 0 aliphatic carbocycles. The molecule has 9 nitrogen and oxygen atoms in total. The van der Waals surface area contributed by atoms with Crippen LogP contribution in [0.25, 0.3) is 0 Å². The third-order valence-corrected chi connectivity index (χ3v) is 4.69. The Morgan fingerprint density at radius 3 is 2.22 bits per heavy atom. The number of amides is 3. The van der Waals surface area contributed by atoms with Crippen molar-refractivity contribution in [3.05, 3.63) is 53.6 Å². The van der Waals surface area contributed by atoms with Gasteiger partial charge in [-0.2, -0.15) is 5.26 Å². The minimum Gasteiger partial charge on any atom is -0.493 e. The maximum absolute atomic E-state index is 12.3.